The summed E-state index contributed by atoms with van der Waals surface area (Å²) < 4.78 is 11.4. The van der Waals surface area contributed by atoms with Crippen molar-refractivity contribution in [1.82, 2.24) is 14.5 Å². The molecule has 1 aromatic carbocycles. The first kappa shape index (κ1) is 22.8. The molecule has 0 N–H and O–H groups in total. The standard InChI is InChI=1S/C20H26ClN3O5/c1-5-29-18(26)9-8-17(25)24(10-11-28-4)13(2)19-22-16-7-6-14(21)12-15(16)20(27)23(19)3/h6-7,12-13H,5,8-11H2,1-4H3. The lowest BCUT2D eigenvalue weighted by Crippen LogP contribution is -2.39. The molecule has 158 valence electrons. The Hall–Kier alpha value is -2.45. The summed E-state index contributed by atoms with van der Waals surface area (Å²) in [5.41, 5.74) is 0.259. The smallest absolute Gasteiger partial charge is 0.306 e. The molecule has 8 nitrogen and oxygen atoms in total. The van der Waals surface area contributed by atoms with Gasteiger partial charge in [-0.3, -0.25) is 19.0 Å². The second-order valence-electron chi connectivity index (χ2n) is 6.56. The van der Waals surface area contributed by atoms with Crippen molar-refractivity contribution in [1.29, 1.82) is 0 Å². The zero-order valence-electron chi connectivity index (χ0n) is 17.1. The molecule has 0 aliphatic rings. The van der Waals surface area contributed by atoms with Crippen LogP contribution in [0.4, 0.5) is 0 Å². The second-order valence-corrected chi connectivity index (χ2v) is 6.99. The Labute approximate surface area is 174 Å². The molecular formula is C20H26ClN3O5. The van der Waals surface area contributed by atoms with Crippen molar-refractivity contribution in [3.8, 4) is 0 Å². The number of benzene rings is 1. The Balaban J connectivity index is 2.35. The van der Waals surface area contributed by atoms with E-state index in [4.69, 9.17) is 21.1 Å². The van der Waals surface area contributed by atoms with Crippen molar-refractivity contribution in [3.63, 3.8) is 0 Å². The van der Waals surface area contributed by atoms with Gasteiger partial charge in [-0.05, 0) is 32.0 Å². The number of carbonyl (C=O) groups excluding carboxylic acids is 2. The summed E-state index contributed by atoms with van der Waals surface area (Å²) in [4.78, 5) is 43.3. The number of halogens is 1. The molecule has 0 radical (unpaired) electrons. The molecule has 29 heavy (non-hydrogen) atoms. The number of hydrogen-bond donors (Lipinski definition) is 0. The van der Waals surface area contributed by atoms with Gasteiger partial charge in [0.15, 0.2) is 0 Å². The van der Waals surface area contributed by atoms with E-state index in [1.54, 1.807) is 51.1 Å². The number of hydrogen-bond acceptors (Lipinski definition) is 6. The maximum Gasteiger partial charge on any atom is 0.306 e. The van der Waals surface area contributed by atoms with Crippen LogP contribution in [-0.4, -0.2) is 53.2 Å². The van der Waals surface area contributed by atoms with E-state index in [1.807, 2.05) is 0 Å². The fourth-order valence-electron chi connectivity index (χ4n) is 3.08. The van der Waals surface area contributed by atoms with Crippen LogP contribution in [0.15, 0.2) is 23.0 Å². The summed E-state index contributed by atoms with van der Waals surface area (Å²) in [6, 6.07) is 4.42. The Morgan fingerprint density at radius 1 is 1.31 bits per heavy atom. The summed E-state index contributed by atoms with van der Waals surface area (Å²) >= 11 is 6.00. The average Bonchev–Trinajstić information content (AvgIpc) is 2.69. The van der Waals surface area contributed by atoms with Crippen LogP contribution in [-0.2, 0) is 26.1 Å². The molecule has 1 amide bonds. The van der Waals surface area contributed by atoms with Gasteiger partial charge >= 0.3 is 5.97 Å². The quantitative estimate of drug-likeness (QED) is 0.575. The topological polar surface area (TPSA) is 90.7 Å². The van der Waals surface area contributed by atoms with Gasteiger partial charge in [-0.15, -0.1) is 0 Å². The number of amides is 1. The fourth-order valence-corrected chi connectivity index (χ4v) is 3.26. The number of aromatic nitrogens is 2. The van der Waals surface area contributed by atoms with E-state index in [-0.39, 0.29) is 30.9 Å². The van der Waals surface area contributed by atoms with Gasteiger partial charge in [-0.1, -0.05) is 11.6 Å². The van der Waals surface area contributed by atoms with Gasteiger partial charge in [0, 0.05) is 32.1 Å². The maximum atomic E-state index is 12.8. The highest BCUT2D eigenvalue weighted by atomic mass is 35.5. The van der Waals surface area contributed by atoms with Crippen molar-refractivity contribution in [2.75, 3.05) is 26.9 Å². The number of esters is 1. The summed E-state index contributed by atoms with van der Waals surface area (Å²) in [6.07, 6.45) is -0.00449. The molecule has 0 spiro atoms. The highest BCUT2D eigenvalue weighted by Crippen LogP contribution is 2.22. The van der Waals surface area contributed by atoms with Crippen LogP contribution in [0.5, 0.6) is 0 Å². The molecule has 0 aliphatic carbocycles. The number of carbonyl (C=O) groups is 2. The molecule has 9 heteroatoms. The van der Waals surface area contributed by atoms with Gasteiger partial charge < -0.3 is 14.4 Å². The Morgan fingerprint density at radius 3 is 2.69 bits per heavy atom. The molecule has 0 saturated heterocycles. The average molecular weight is 424 g/mol. The van der Waals surface area contributed by atoms with E-state index in [2.05, 4.69) is 4.98 Å². The second kappa shape index (κ2) is 10.4. The fraction of sp³-hybridized carbons (Fsp3) is 0.500. The van der Waals surface area contributed by atoms with Gasteiger partial charge in [-0.2, -0.15) is 0 Å². The number of nitrogens with zero attached hydrogens (tertiary/aromatic N) is 3. The molecule has 1 atom stereocenters. The zero-order valence-corrected chi connectivity index (χ0v) is 17.9. The van der Waals surface area contributed by atoms with Crippen LogP contribution in [0.1, 0.15) is 38.6 Å². The van der Waals surface area contributed by atoms with Crippen LogP contribution in [0.3, 0.4) is 0 Å². The number of rotatable bonds is 9. The molecule has 0 aliphatic heterocycles. The molecule has 0 bridgehead atoms. The predicted molar refractivity (Wildman–Crippen MR) is 110 cm³/mol. The van der Waals surface area contributed by atoms with Gasteiger partial charge in [0.1, 0.15) is 5.82 Å². The van der Waals surface area contributed by atoms with Crippen molar-refractivity contribution in [3.05, 3.63) is 39.4 Å². The summed E-state index contributed by atoms with van der Waals surface area (Å²) in [7, 11) is 3.15. The SMILES string of the molecule is CCOC(=O)CCC(=O)N(CCOC)C(C)c1nc2ccc(Cl)cc2c(=O)n1C. The van der Waals surface area contributed by atoms with E-state index in [0.717, 1.165) is 0 Å². The van der Waals surface area contributed by atoms with Crippen molar-refractivity contribution >= 4 is 34.4 Å². The number of fused-ring (bicyclic) bond motifs is 1. The third-order valence-electron chi connectivity index (χ3n) is 4.62. The van der Waals surface area contributed by atoms with Crippen molar-refractivity contribution in [2.24, 2.45) is 7.05 Å². The third kappa shape index (κ3) is 5.55. The van der Waals surface area contributed by atoms with E-state index < -0.39 is 12.0 Å². The zero-order chi connectivity index (χ0) is 21.6. The minimum Gasteiger partial charge on any atom is -0.466 e. The summed E-state index contributed by atoms with van der Waals surface area (Å²) in [6.45, 7) is 4.39. The number of ether oxygens (including phenoxy) is 2. The molecule has 0 saturated carbocycles. The van der Waals surface area contributed by atoms with Crippen LogP contribution in [0.25, 0.3) is 10.9 Å². The Morgan fingerprint density at radius 2 is 2.03 bits per heavy atom. The molecule has 1 heterocycles. The molecule has 2 rings (SSSR count). The molecule has 1 aromatic heterocycles. The van der Waals surface area contributed by atoms with Crippen LogP contribution in [0.2, 0.25) is 5.02 Å². The first-order valence-electron chi connectivity index (χ1n) is 9.40. The van der Waals surface area contributed by atoms with Crippen molar-refractivity contribution < 1.29 is 19.1 Å². The Kier molecular flexibility index (Phi) is 8.16. The molecule has 1 unspecified atom stereocenters. The van der Waals surface area contributed by atoms with E-state index >= 15 is 0 Å². The molecule has 2 aromatic rings. The third-order valence-corrected chi connectivity index (χ3v) is 4.85. The first-order valence-corrected chi connectivity index (χ1v) is 9.78. The first-order chi connectivity index (χ1) is 13.8. The molecular weight excluding hydrogens is 398 g/mol. The van der Waals surface area contributed by atoms with E-state index in [1.165, 1.54) is 4.57 Å². The minimum absolute atomic E-state index is 0.00399. The minimum atomic E-state index is -0.502. The highest BCUT2D eigenvalue weighted by molar-refractivity contribution is 6.31. The monoisotopic (exact) mass is 423 g/mol. The van der Waals surface area contributed by atoms with Gasteiger partial charge in [-0.25, -0.2) is 4.98 Å². The normalized spacial score (nSPS) is 12.0. The van der Waals surface area contributed by atoms with E-state index in [0.29, 0.717) is 34.9 Å². The Bertz CT molecular complexity index is 944. The van der Waals surface area contributed by atoms with Crippen molar-refractivity contribution in [2.45, 2.75) is 32.7 Å². The summed E-state index contributed by atoms with van der Waals surface area (Å²) in [5, 5.41) is 0.862. The van der Waals surface area contributed by atoms with Gasteiger partial charge in [0.25, 0.3) is 5.56 Å². The molecule has 0 fully saturated rings. The van der Waals surface area contributed by atoms with Gasteiger partial charge in [0.2, 0.25) is 5.91 Å². The van der Waals surface area contributed by atoms with E-state index in [9.17, 15) is 14.4 Å². The lowest BCUT2D eigenvalue weighted by molar-refractivity contribution is -0.146. The van der Waals surface area contributed by atoms with Crippen LogP contribution < -0.4 is 5.56 Å². The van der Waals surface area contributed by atoms with Gasteiger partial charge in [0.05, 0.1) is 36.6 Å². The van der Waals surface area contributed by atoms with Crippen LogP contribution in [0, 0.1) is 0 Å². The lowest BCUT2D eigenvalue weighted by Gasteiger charge is -2.29. The number of methoxy groups -OCH3 is 1. The maximum absolute atomic E-state index is 12.8. The lowest BCUT2D eigenvalue weighted by atomic mass is 10.1. The highest BCUT2D eigenvalue weighted by Gasteiger charge is 2.25. The largest absolute Gasteiger partial charge is 0.466 e. The van der Waals surface area contributed by atoms with Crippen LogP contribution >= 0.6 is 11.6 Å². The summed E-state index contributed by atoms with van der Waals surface area (Å²) in [5.74, 6) is -0.230. The predicted octanol–water partition coefficient (Wildman–Crippen LogP) is 2.47.